The van der Waals surface area contributed by atoms with Gasteiger partial charge in [0.05, 0.1) is 0 Å². The Kier molecular flexibility index (Phi) is 11.5. The Bertz CT molecular complexity index is 435. The predicted molar refractivity (Wildman–Crippen MR) is 116 cm³/mol. The first kappa shape index (κ1) is 23.4. The van der Waals surface area contributed by atoms with Gasteiger partial charge in [-0.1, -0.05) is 0 Å². The molecule has 2 rings (SSSR count). The van der Waals surface area contributed by atoms with Crippen LogP contribution in [0.1, 0.15) is 39.0 Å². The predicted octanol–water partition coefficient (Wildman–Crippen LogP) is 1.28. The van der Waals surface area contributed by atoms with E-state index in [1.165, 1.54) is 12.8 Å². The van der Waals surface area contributed by atoms with Gasteiger partial charge < -0.3 is 25.2 Å². The van der Waals surface area contributed by atoms with Crippen molar-refractivity contribution in [1.29, 1.82) is 0 Å². The fourth-order valence-corrected chi connectivity index (χ4v) is 3.01. The fraction of sp³-hybridized carbons (Fsp3) is 0.889. The van der Waals surface area contributed by atoms with E-state index < -0.39 is 0 Å². The van der Waals surface area contributed by atoms with Crippen LogP contribution in [0.3, 0.4) is 0 Å². The van der Waals surface area contributed by atoms with E-state index in [1.54, 1.807) is 19.0 Å². The van der Waals surface area contributed by atoms with Gasteiger partial charge in [-0.2, -0.15) is 0 Å². The molecule has 1 aliphatic heterocycles. The van der Waals surface area contributed by atoms with Crippen molar-refractivity contribution in [2.45, 2.75) is 51.1 Å². The fourth-order valence-electron chi connectivity index (χ4n) is 3.01. The number of aliphatic imine (C=N–C) groups is 1. The van der Waals surface area contributed by atoms with E-state index in [2.05, 4.69) is 20.5 Å². The Morgan fingerprint density at radius 1 is 1.23 bits per heavy atom. The van der Waals surface area contributed by atoms with Crippen LogP contribution in [0.25, 0.3) is 0 Å². The average Bonchev–Trinajstić information content (AvgIpc) is 3.44. The summed E-state index contributed by atoms with van der Waals surface area (Å²) in [6.45, 7) is 6.79. The van der Waals surface area contributed by atoms with Gasteiger partial charge in [0, 0.05) is 59.0 Å². The van der Waals surface area contributed by atoms with Gasteiger partial charge in [0.2, 0.25) is 5.91 Å². The van der Waals surface area contributed by atoms with E-state index in [-0.39, 0.29) is 36.4 Å². The maximum atomic E-state index is 11.8. The Morgan fingerprint density at radius 2 is 1.92 bits per heavy atom. The number of halogens is 1. The Labute approximate surface area is 175 Å². The summed E-state index contributed by atoms with van der Waals surface area (Å²) in [5, 5.41) is 6.86. The molecule has 0 aromatic heterocycles. The lowest BCUT2D eigenvalue weighted by Gasteiger charge is -2.33. The lowest BCUT2D eigenvalue weighted by Crippen LogP contribution is -2.49. The number of guanidine groups is 1. The van der Waals surface area contributed by atoms with Crippen LogP contribution in [0.5, 0.6) is 0 Å². The molecule has 2 N–H and O–H groups in total. The van der Waals surface area contributed by atoms with Crippen LogP contribution in [-0.4, -0.2) is 87.2 Å². The smallest absolute Gasteiger partial charge is 0.243 e. The van der Waals surface area contributed by atoms with Crippen LogP contribution < -0.4 is 10.6 Å². The molecule has 0 aromatic carbocycles. The van der Waals surface area contributed by atoms with Crippen molar-refractivity contribution in [2.24, 2.45) is 4.99 Å². The number of likely N-dealkylation sites (N-methyl/N-ethyl adjacent to an activating group) is 1. The number of carbonyl (C=O) groups is 1. The van der Waals surface area contributed by atoms with Gasteiger partial charge in [-0.05, 0) is 39.0 Å². The molecule has 8 heteroatoms. The summed E-state index contributed by atoms with van der Waals surface area (Å²) in [5.41, 5.74) is 0. The number of carbonyl (C=O) groups excluding carboxylic acids is 1. The van der Waals surface area contributed by atoms with Gasteiger partial charge in [-0.3, -0.25) is 4.79 Å². The second kappa shape index (κ2) is 12.7. The molecule has 1 saturated carbocycles. The molecule has 0 bridgehead atoms. The Balaban J connectivity index is 0.00000338. The molecule has 1 amide bonds. The molecule has 2 fully saturated rings. The van der Waals surface area contributed by atoms with Crippen LogP contribution >= 0.6 is 24.0 Å². The van der Waals surface area contributed by atoms with Crippen LogP contribution in [0.15, 0.2) is 4.99 Å². The molecule has 152 valence electrons. The van der Waals surface area contributed by atoms with E-state index in [9.17, 15) is 4.79 Å². The van der Waals surface area contributed by atoms with E-state index >= 15 is 0 Å². The van der Waals surface area contributed by atoms with Gasteiger partial charge in [0.25, 0.3) is 0 Å². The van der Waals surface area contributed by atoms with Gasteiger partial charge in [0.15, 0.2) is 5.96 Å². The number of amides is 1. The number of rotatable bonds is 9. The minimum absolute atomic E-state index is 0. The first-order chi connectivity index (χ1) is 12.1. The Morgan fingerprint density at radius 3 is 2.50 bits per heavy atom. The van der Waals surface area contributed by atoms with Crippen molar-refractivity contribution in [2.75, 3.05) is 53.5 Å². The summed E-state index contributed by atoms with van der Waals surface area (Å²) in [6, 6.07) is 1.28. The van der Waals surface area contributed by atoms with E-state index in [0.717, 1.165) is 64.1 Å². The number of nitrogens with one attached hydrogen (secondary N) is 2. The van der Waals surface area contributed by atoms with Gasteiger partial charge in [-0.15, -0.1) is 24.0 Å². The topological polar surface area (TPSA) is 69.2 Å². The number of likely N-dealkylation sites (tertiary alicyclic amines) is 1. The normalized spacial score (nSPS) is 19.0. The number of nitrogens with zero attached hydrogens (tertiary/aromatic N) is 3. The number of piperidine rings is 1. The van der Waals surface area contributed by atoms with Crippen LogP contribution in [0, 0.1) is 0 Å². The SMILES string of the molecule is CCOCCCNC(=NCC(=O)N(C)C)NC1CCN(C2CC2)CC1.I. The first-order valence-corrected chi connectivity index (χ1v) is 9.67. The summed E-state index contributed by atoms with van der Waals surface area (Å²) >= 11 is 0. The zero-order valence-corrected chi connectivity index (χ0v) is 18.8. The minimum Gasteiger partial charge on any atom is -0.382 e. The molecule has 0 atom stereocenters. The maximum Gasteiger partial charge on any atom is 0.243 e. The maximum absolute atomic E-state index is 11.8. The highest BCUT2D eigenvalue weighted by molar-refractivity contribution is 14.0. The highest BCUT2D eigenvalue weighted by atomic mass is 127. The van der Waals surface area contributed by atoms with Crippen molar-refractivity contribution in [3.8, 4) is 0 Å². The molecule has 2 aliphatic rings. The molecule has 0 aromatic rings. The van der Waals surface area contributed by atoms with E-state index in [1.807, 2.05) is 6.92 Å². The lowest BCUT2D eigenvalue weighted by atomic mass is 10.1. The second-order valence-electron chi connectivity index (χ2n) is 7.12. The van der Waals surface area contributed by atoms with Crippen molar-refractivity contribution >= 4 is 35.8 Å². The largest absolute Gasteiger partial charge is 0.382 e. The van der Waals surface area contributed by atoms with Crippen molar-refractivity contribution in [3.63, 3.8) is 0 Å². The summed E-state index contributed by atoms with van der Waals surface area (Å²) < 4.78 is 5.37. The number of ether oxygens (including phenoxy) is 1. The third kappa shape index (κ3) is 8.85. The molecule has 0 unspecified atom stereocenters. The zero-order chi connectivity index (χ0) is 18.1. The molecule has 26 heavy (non-hydrogen) atoms. The second-order valence-corrected chi connectivity index (χ2v) is 7.12. The molecule has 0 spiro atoms. The molecule has 1 heterocycles. The summed E-state index contributed by atoms with van der Waals surface area (Å²) in [4.78, 5) is 20.5. The zero-order valence-electron chi connectivity index (χ0n) is 16.5. The third-order valence-electron chi connectivity index (χ3n) is 4.77. The minimum atomic E-state index is 0. The number of hydrogen-bond donors (Lipinski definition) is 2. The molecule has 7 nitrogen and oxygen atoms in total. The number of hydrogen-bond acceptors (Lipinski definition) is 4. The van der Waals surface area contributed by atoms with Crippen molar-refractivity contribution in [1.82, 2.24) is 20.4 Å². The molecule has 1 saturated heterocycles. The molecule has 0 radical (unpaired) electrons. The van der Waals surface area contributed by atoms with Gasteiger partial charge in [-0.25, -0.2) is 4.99 Å². The Hall–Kier alpha value is -0.610. The molecular formula is C18H36IN5O2. The summed E-state index contributed by atoms with van der Waals surface area (Å²) in [5.74, 6) is 0.760. The van der Waals surface area contributed by atoms with Crippen LogP contribution in [0.2, 0.25) is 0 Å². The summed E-state index contributed by atoms with van der Waals surface area (Å²) in [6.07, 6.45) is 5.95. The highest BCUT2D eigenvalue weighted by Gasteiger charge is 2.31. The van der Waals surface area contributed by atoms with E-state index in [0.29, 0.717) is 6.04 Å². The first-order valence-electron chi connectivity index (χ1n) is 9.67. The van der Waals surface area contributed by atoms with Crippen LogP contribution in [0.4, 0.5) is 0 Å². The van der Waals surface area contributed by atoms with Crippen molar-refractivity contribution < 1.29 is 9.53 Å². The molecule has 1 aliphatic carbocycles. The summed E-state index contributed by atoms with van der Waals surface area (Å²) in [7, 11) is 3.52. The highest BCUT2D eigenvalue weighted by Crippen LogP contribution is 2.29. The van der Waals surface area contributed by atoms with Crippen molar-refractivity contribution in [3.05, 3.63) is 0 Å². The monoisotopic (exact) mass is 481 g/mol. The molecular weight excluding hydrogens is 445 g/mol. The average molecular weight is 481 g/mol. The quantitative estimate of drug-likeness (QED) is 0.225. The lowest BCUT2D eigenvalue weighted by molar-refractivity contribution is -0.127. The van der Waals surface area contributed by atoms with Crippen LogP contribution in [-0.2, 0) is 9.53 Å². The third-order valence-corrected chi connectivity index (χ3v) is 4.77. The standard InChI is InChI=1S/C18H35N5O2.HI/c1-4-25-13-5-10-19-18(20-14-17(24)22(2)3)21-15-8-11-23(12-9-15)16-6-7-16;/h15-16H,4-14H2,1-3H3,(H2,19,20,21);1H. The van der Waals surface area contributed by atoms with Gasteiger partial charge in [0.1, 0.15) is 6.54 Å². The van der Waals surface area contributed by atoms with Gasteiger partial charge >= 0.3 is 0 Å². The van der Waals surface area contributed by atoms with E-state index in [4.69, 9.17) is 4.74 Å².